The fraction of sp³-hybridized carbons (Fsp3) is 0.188. The monoisotopic (exact) mass is 323 g/mol. The fourth-order valence-corrected chi connectivity index (χ4v) is 2.80. The minimum atomic E-state index is -1.19. The molecule has 0 aliphatic rings. The molecule has 0 aliphatic carbocycles. The van der Waals surface area contributed by atoms with Gasteiger partial charge < -0.3 is 5.32 Å². The summed E-state index contributed by atoms with van der Waals surface area (Å²) in [6, 6.07) is 11.8. The Kier molecular flexibility index (Phi) is 5.38. The summed E-state index contributed by atoms with van der Waals surface area (Å²) in [4.78, 5) is 12.2. The van der Waals surface area contributed by atoms with Crippen LogP contribution in [0.3, 0.4) is 0 Å². The van der Waals surface area contributed by atoms with Crippen molar-refractivity contribution in [2.75, 3.05) is 12.0 Å². The molecule has 1 N–H and O–H groups in total. The Bertz CT molecular complexity index is 692. The number of amides is 1. The van der Waals surface area contributed by atoms with Crippen LogP contribution in [0.1, 0.15) is 22.0 Å². The van der Waals surface area contributed by atoms with Crippen molar-refractivity contribution < 1.29 is 17.8 Å². The molecule has 0 bridgehead atoms. The molecular formula is C16H15F2NO2S. The zero-order valence-corrected chi connectivity index (χ0v) is 12.7. The highest BCUT2D eigenvalue weighted by Gasteiger charge is 2.20. The Balaban J connectivity index is 2.25. The summed E-state index contributed by atoms with van der Waals surface area (Å²) >= 11 is 0. The van der Waals surface area contributed by atoms with E-state index in [1.807, 2.05) is 6.07 Å². The Morgan fingerprint density at radius 1 is 1.14 bits per heavy atom. The van der Waals surface area contributed by atoms with Crippen molar-refractivity contribution in [1.82, 2.24) is 5.32 Å². The number of carbonyl (C=O) groups is 1. The van der Waals surface area contributed by atoms with Gasteiger partial charge in [0.1, 0.15) is 0 Å². The van der Waals surface area contributed by atoms with Crippen molar-refractivity contribution in [3.05, 3.63) is 71.3 Å². The standard InChI is InChI=1S/C16H15F2NO2S/c1-22(21)10-14(11-6-3-2-4-7-11)19-16(20)12-8-5-9-13(17)15(12)18/h2-9,14H,10H2,1H3,(H,19,20)/t14-,22-/m1/s1. The molecule has 116 valence electrons. The molecule has 2 atom stereocenters. The zero-order valence-electron chi connectivity index (χ0n) is 11.9. The van der Waals surface area contributed by atoms with Crippen LogP contribution in [0.15, 0.2) is 48.5 Å². The van der Waals surface area contributed by atoms with Gasteiger partial charge in [0.05, 0.1) is 11.6 Å². The van der Waals surface area contributed by atoms with Gasteiger partial charge in [-0.3, -0.25) is 9.00 Å². The van der Waals surface area contributed by atoms with Crippen LogP contribution in [0.4, 0.5) is 8.78 Å². The Labute approximate surface area is 129 Å². The van der Waals surface area contributed by atoms with Crippen LogP contribution in [0, 0.1) is 11.6 Å². The quantitative estimate of drug-likeness (QED) is 0.920. The van der Waals surface area contributed by atoms with Crippen molar-refractivity contribution in [2.45, 2.75) is 6.04 Å². The molecule has 22 heavy (non-hydrogen) atoms. The van der Waals surface area contributed by atoms with Crippen LogP contribution < -0.4 is 5.32 Å². The third kappa shape index (κ3) is 3.98. The average Bonchev–Trinajstić information content (AvgIpc) is 2.49. The maximum atomic E-state index is 13.7. The normalized spacial score (nSPS) is 13.4. The molecule has 0 saturated heterocycles. The summed E-state index contributed by atoms with van der Waals surface area (Å²) in [5.41, 5.74) is 0.380. The van der Waals surface area contributed by atoms with Crippen molar-refractivity contribution >= 4 is 16.7 Å². The third-order valence-corrected chi connectivity index (χ3v) is 3.91. The van der Waals surface area contributed by atoms with E-state index in [0.29, 0.717) is 0 Å². The van der Waals surface area contributed by atoms with Gasteiger partial charge >= 0.3 is 0 Å². The second kappa shape index (κ2) is 7.26. The first-order valence-corrected chi connectivity index (χ1v) is 8.31. The van der Waals surface area contributed by atoms with Gasteiger partial charge in [-0.2, -0.15) is 0 Å². The molecule has 0 aliphatic heterocycles. The van der Waals surface area contributed by atoms with E-state index < -0.39 is 34.4 Å². The summed E-state index contributed by atoms with van der Waals surface area (Å²) < 4.78 is 38.4. The minimum absolute atomic E-state index is 0.187. The fourth-order valence-electron chi connectivity index (χ4n) is 2.06. The highest BCUT2D eigenvalue weighted by atomic mass is 32.2. The van der Waals surface area contributed by atoms with Crippen LogP contribution in [0.5, 0.6) is 0 Å². The molecule has 0 fully saturated rings. The second-order valence-electron chi connectivity index (χ2n) is 4.78. The molecule has 0 saturated carbocycles. The molecule has 6 heteroatoms. The van der Waals surface area contributed by atoms with Gasteiger partial charge in [-0.15, -0.1) is 0 Å². The minimum Gasteiger partial charge on any atom is -0.344 e. The van der Waals surface area contributed by atoms with E-state index in [0.717, 1.165) is 11.6 Å². The maximum Gasteiger partial charge on any atom is 0.254 e. The second-order valence-corrected chi connectivity index (χ2v) is 6.26. The molecule has 0 unspecified atom stereocenters. The lowest BCUT2D eigenvalue weighted by molar-refractivity contribution is 0.0935. The van der Waals surface area contributed by atoms with Gasteiger partial charge in [0, 0.05) is 22.8 Å². The lowest BCUT2D eigenvalue weighted by Gasteiger charge is -2.18. The Morgan fingerprint density at radius 2 is 1.82 bits per heavy atom. The molecular weight excluding hydrogens is 308 g/mol. The smallest absolute Gasteiger partial charge is 0.254 e. The topological polar surface area (TPSA) is 46.2 Å². The van der Waals surface area contributed by atoms with Gasteiger partial charge in [-0.1, -0.05) is 36.4 Å². The van der Waals surface area contributed by atoms with Gasteiger partial charge in [0.2, 0.25) is 0 Å². The number of halogens is 2. The van der Waals surface area contributed by atoms with Crippen molar-refractivity contribution in [3.8, 4) is 0 Å². The number of benzene rings is 2. The number of hydrogen-bond acceptors (Lipinski definition) is 2. The summed E-state index contributed by atoms with van der Waals surface area (Å²) in [6.45, 7) is 0. The lowest BCUT2D eigenvalue weighted by atomic mass is 10.1. The zero-order chi connectivity index (χ0) is 16.1. The molecule has 0 aromatic heterocycles. The number of hydrogen-bond donors (Lipinski definition) is 1. The number of nitrogens with one attached hydrogen (secondary N) is 1. The van der Waals surface area contributed by atoms with Crippen LogP contribution in [0.2, 0.25) is 0 Å². The van der Waals surface area contributed by atoms with Crippen LogP contribution in [-0.2, 0) is 10.8 Å². The molecule has 3 nitrogen and oxygen atoms in total. The van der Waals surface area contributed by atoms with E-state index >= 15 is 0 Å². The van der Waals surface area contributed by atoms with Crippen LogP contribution >= 0.6 is 0 Å². The van der Waals surface area contributed by atoms with E-state index in [-0.39, 0.29) is 11.3 Å². The van der Waals surface area contributed by atoms with E-state index in [1.54, 1.807) is 24.3 Å². The van der Waals surface area contributed by atoms with Crippen molar-refractivity contribution in [2.24, 2.45) is 0 Å². The first-order chi connectivity index (χ1) is 10.5. The lowest BCUT2D eigenvalue weighted by Crippen LogP contribution is -2.32. The predicted molar refractivity (Wildman–Crippen MR) is 81.9 cm³/mol. The maximum absolute atomic E-state index is 13.7. The van der Waals surface area contributed by atoms with Crippen LogP contribution in [0.25, 0.3) is 0 Å². The molecule has 0 radical (unpaired) electrons. The summed E-state index contributed by atoms with van der Waals surface area (Å²) in [6.07, 6.45) is 1.52. The van der Waals surface area contributed by atoms with Gasteiger partial charge in [0.25, 0.3) is 5.91 Å². The molecule has 0 heterocycles. The van der Waals surface area contributed by atoms with Gasteiger partial charge in [-0.25, -0.2) is 8.78 Å². The Hall–Kier alpha value is -2.08. The molecule has 2 aromatic carbocycles. The van der Waals surface area contributed by atoms with Crippen molar-refractivity contribution in [3.63, 3.8) is 0 Å². The van der Waals surface area contributed by atoms with Crippen LogP contribution in [-0.4, -0.2) is 22.1 Å². The summed E-state index contributed by atoms with van der Waals surface area (Å²) in [7, 11) is -1.16. The SMILES string of the molecule is C[S@@](=O)C[C@@H](NC(=O)c1cccc(F)c1F)c1ccccc1. The highest BCUT2D eigenvalue weighted by Crippen LogP contribution is 2.17. The molecule has 2 rings (SSSR count). The van der Waals surface area contributed by atoms with E-state index in [2.05, 4.69) is 5.32 Å². The third-order valence-electron chi connectivity index (χ3n) is 3.10. The van der Waals surface area contributed by atoms with Crippen molar-refractivity contribution in [1.29, 1.82) is 0 Å². The Morgan fingerprint density at radius 3 is 2.45 bits per heavy atom. The molecule has 0 spiro atoms. The van der Waals surface area contributed by atoms with E-state index in [9.17, 15) is 17.8 Å². The number of carbonyl (C=O) groups excluding carboxylic acids is 1. The highest BCUT2D eigenvalue weighted by molar-refractivity contribution is 7.84. The first kappa shape index (κ1) is 16.3. The largest absolute Gasteiger partial charge is 0.344 e. The summed E-state index contributed by atoms with van der Waals surface area (Å²) in [5.74, 6) is -2.82. The van der Waals surface area contributed by atoms with E-state index in [1.165, 1.54) is 18.4 Å². The summed E-state index contributed by atoms with van der Waals surface area (Å²) in [5, 5.41) is 2.61. The predicted octanol–water partition coefficient (Wildman–Crippen LogP) is 2.81. The van der Waals surface area contributed by atoms with Gasteiger partial charge in [0.15, 0.2) is 11.6 Å². The first-order valence-electron chi connectivity index (χ1n) is 6.59. The molecule has 1 amide bonds. The van der Waals surface area contributed by atoms with E-state index in [4.69, 9.17) is 0 Å². The average molecular weight is 323 g/mol. The number of rotatable bonds is 5. The molecule has 2 aromatic rings. The van der Waals surface area contributed by atoms with Gasteiger partial charge in [-0.05, 0) is 17.7 Å².